The van der Waals surface area contributed by atoms with E-state index in [0.717, 1.165) is 11.3 Å². The van der Waals surface area contributed by atoms with Crippen molar-refractivity contribution in [1.82, 2.24) is 30.0 Å². The number of hydrogen-bond donors (Lipinski definition) is 2. The average molecular weight is 297 g/mol. The van der Waals surface area contributed by atoms with Crippen molar-refractivity contribution in [1.29, 1.82) is 0 Å². The smallest absolute Gasteiger partial charge is 0.364 e. The van der Waals surface area contributed by atoms with Crippen LogP contribution in [0.2, 0.25) is 0 Å². The summed E-state index contributed by atoms with van der Waals surface area (Å²) >= 11 is 0. The second kappa shape index (κ2) is 4.72. The van der Waals surface area contributed by atoms with Crippen LogP contribution in [0.15, 0.2) is 18.3 Å². The first-order chi connectivity index (χ1) is 9.95. The number of hydrogen-bond acceptors (Lipinski definition) is 5. The van der Waals surface area contributed by atoms with Gasteiger partial charge in [0.25, 0.3) is 5.82 Å². The van der Waals surface area contributed by atoms with E-state index < -0.39 is 12.0 Å². The van der Waals surface area contributed by atoms with Gasteiger partial charge in [0.1, 0.15) is 5.82 Å². The number of rotatable bonds is 3. The molecule has 21 heavy (non-hydrogen) atoms. The maximum Gasteiger partial charge on any atom is 0.453 e. The van der Waals surface area contributed by atoms with E-state index in [9.17, 15) is 13.2 Å². The SMILES string of the molecule is Cc1[nH]ncc1CNc1ccc2nnc(C(F)(F)F)n2n1. The first-order valence-corrected chi connectivity index (χ1v) is 5.97. The van der Waals surface area contributed by atoms with Crippen molar-refractivity contribution in [3.05, 3.63) is 35.4 Å². The van der Waals surface area contributed by atoms with Gasteiger partial charge in [-0.1, -0.05) is 0 Å². The summed E-state index contributed by atoms with van der Waals surface area (Å²) in [7, 11) is 0. The number of aromatic amines is 1. The third-order valence-electron chi connectivity index (χ3n) is 2.91. The number of nitrogens with one attached hydrogen (secondary N) is 2. The summed E-state index contributed by atoms with van der Waals surface area (Å²) in [6.07, 6.45) is -2.97. The fraction of sp³-hybridized carbons (Fsp3) is 0.273. The molecule has 10 heteroatoms. The Balaban J connectivity index is 1.88. The minimum absolute atomic E-state index is 0.0346. The Morgan fingerprint density at radius 2 is 2.10 bits per heavy atom. The zero-order valence-corrected chi connectivity index (χ0v) is 10.8. The number of nitrogens with zero attached hydrogens (tertiary/aromatic N) is 5. The molecule has 0 spiro atoms. The Morgan fingerprint density at radius 1 is 1.29 bits per heavy atom. The van der Waals surface area contributed by atoms with E-state index in [1.165, 1.54) is 6.07 Å². The minimum atomic E-state index is -4.60. The predicted molar refractivity (Wildman–Crippen MR) is 66.4 cm³/mol. The molecule has 2 N–H and O–H groups in total. The van der Waals surface area contributed by atoms with Crippen molar-refractivity contribution < 1.29 is 13.2 Å². The van der Waals surface area contributed by atoms with Crippen molar-refractivity contribution in [2.75, 3.05) is 5.32 Å². The topological polar surface area (TPSA) is 83.8 Å². The van der Waals surface area contributed by atoms with E-state index >= 15 is 0 Å². The summed E-state index contributed by atoms with van der Waals surface area (Å²) in [5.41, 5.74) is 1.81. The highest BCUT2D eigenvalue weighted by Gasteiger charge is 2.37. The number of aromatic nitrogens is 6. The Bertz CT molecular complexity index is 774. The molecule has 0 amide bonds. The van der Waals surface area contributed by atoms with Gasteiger partial charge in [-0.15, -0.1) is 15.3 Å². The maximum absolute atomic E-state index is 12.7. The summed E-state index contributed by atoms with van der Waals surface area (Å²) in [5, 5.41) is 20.0. The van der Waals surface area contributed by atoms with Crippen molar-refractivity contribution >= 4 is 11.5 Å². The molecule has 0 aliphatic heterocycles. The summed E-state index contributed by atoms with van der Waals surface area (Å²) in [6, 6.07) is 2.96. The van der Waals surface area contributed by atoms with Crippen LogP contribution >= 0.6 is 0 Å². The molecule has 0 fully saturated rings. The number of alkyl halides is 3. The normalized spacial score (nSPS) is 12.0. The van der Waals surface area contributed by atoms with Crippen molar-refractivity contribution in [2.24, 2.45) is 0 Å². The van der Waals surface area contributed by atoms with Gasteiger partial charge >= 0.3 is 6.18 Å². The monoisotopic (exact) mass is 297 g/mol. The van der Waals surface area contributed by atoms with Gasteiger partial charge < -0.3 is 5.32 Å². The Morgan fingerprint density at radius 3 is 2.76 bits per heavy atom. The highest BCUT2D eigenvalue weighted by Crippen LogP contribution is 2.27. The van der Waals surface area contributed by atoms with Crippen LogP contribution in [0, 0.1) is 6.92 Å². The van der Waals surface area contributed by atoms with Crippen LogP contribution in [0.5, 0.6) is 0 Å². The summed E-state index contributed by atoms with van der Waals surface area (Å²) in [4.78, 5) is 0. The number of H-pyrrole nitrogens is 1. The van der Waals surface area contributed by atoms with Crippen LogP contribution in [-0.4, -0.2) is 30.0 Å². The van der Waals surface area contributed by atoms with Gasteiger partial charge in [-0.3, -0.25) is 5.10 Å². The van der Waals surface area contributed by atoms with Crippen LogP contribution in [0.3, 0.4) is 0 Å². The minimum Gasteiger partial charge on any atom is -0.364 e. The second-order valence-corrected chi connectivity index (χ2v) is 4.38. The van der Waals surface area contributed by atoms with Crippen molar-refractivity contribution in [3.63, 3.8) is 0 Å². The molecule has 0 aromatic carbocycles. The molecular formula is C11H10F3N7. The van der Waals surface area contributed by atoms with E-state index in [4.69, 9.17) is 0 Å². The van der Waals surface area contributed by atoms with Gasteiger partial charge in [-0.05, 0) is 19.1 Å². The first-order valence-electron chi connectivity index (χ1n) is 5.97. The predicted octanol–water partition coefficient (Wildman–Crippen LogP) is 1.79. The molecule has 3 aromatic heterocycles. The molecule has 0 saturated heterocycles. The lowest BCUT2D eigenvalue weighted by Crippen LogP contribution is -2.13. The highest BCUT2D eigenvalue weighted by atomic mass is 19.4. The van der Waals surface area contributed by atoms with Gasteiger partial charge in [0.05, 0.1) is 6.20 Å². The number of anilines is 1. The number of aryl methyl sites for hydroxylation is 1. The van der Waals surface area contributed by atoms with Crippen LogP contribution in [0.1, 0.15) is 17.1 Å². The third-order valence-corrected chi connectivity index (χ3v) is 2.91. The van der Waals surface area contributed by atoms with Crippen LogP contribution in [-0.2, 0) is 12.7 Å². The fourth-order valence-electron chi connectivity index (χ4n) is 1.80. The molecule has 3 heterocycles. The lowest BCUT2D eigenvalue weighted by atomic mass is 10.2. The Labute approximate surface area is 116 Å². The second-order valence-electron chi connectivity index (χ2n) is 4.38. The van der Waals surface area contributed by atoms with Crippen LogP contribution < -0.4 is 5.32 Å². The Kier molecular flexibility index (Phi) is 3.00. The molecule has 0 saturated carbocycles. The largest absolute Gasteiger partial charge is 0.453 e. The summed E-state index contributed by atoms with van der Waals surface area (Å²) in [5.74, 6) is -0.867. The average Bonchev–Trinajstić information content (AvgIpc) is 3.01. The Hall–Kier alpha value is -2.65. The van der Waals surface area contributed by atoms with Gasteiger partial charge in [0.15, 0.2) is 5.65 Å². The van der Waals surface area contributed by atoms with Gasteiger partial charge in [0.2, 0.25) is 0 Å². The van der Waals surface area contributed by atoms with E-state index in [2.05, 4.69) is 30.8 Å². The molecule has 0 aliphatic carbocycles. The van der Waals surface area contributed by atoms with Crippen molar-refractivity contribution in [2.45, 2.75) is 19.6 Å². The quantitative estimate of drug-likeness (QED) is 0.770. The first kappa shape index (κ1) is 13.3. The maximum atomic E-state index is 12.7. The zero-order chi connectivity index (χ0) is 15.0. The molecule has 7 nitrogen and oxygen atoms in total. The molecule has 0 unspecified atom stereocenters. The molecule has 0 atom stereocenters. The fourth-order valence-corrected chi connectivity index (χ4v) is 1.80. The molecule has 0 aliphatic rings. The lowest BCUT2D eigenvalue weighted by Gasteiger charge is -2.07. The number of fused-ring (bicyclic) bond motifs is 1. The molecule has 0 bridgehead atoms. The van der Waals surface area contributed by atoms with Crippen LogP contribution in [0.25, 0.3) is 5.65 Å². The van der Waals surface area contributed by atoms with E-state index in [0.29, 0.717) is 11.1 Å². The molecular weight excluding hydrogens is 287 g/mol. The molecule has 0 radical (unpaired) electrons. The van der Waals surface area contributed by atoms with E-state index in [1.54, 1.807) is 12.3 Å². The highest BCUT2D eigenvalue weighted by molar-refractivity contribution is 5.44. The van der Waals surface area contributed by atoms with Crippen molar-refractivity contribution in [3.8, 4) is 0 Å². The third kappa shape index (κ3) is 2.51. The summed E-state index contributed by atoms with van der Waals surface area (Å²) < 4.78 is 38.9. The molecule has 110 valence electrons. The van der Waals surface area contributed by atoms with Gasteiger partial charge in [-0.25, -0.2) is 0 Å². The standard InChI is InChI=1S/C11H10F3N7/c1-6-7(5-16-17-6)4-15-8-2-3-9-18-19-10(11(12,13)14)21(9)20-8/h2-3,5H,4H2,1H3,(H,15,20)(H,16,17). The van der Waals surface area contributed by atoms with Crippen LogP contribution in [0.4, 0.5) is 19.0 Å². The van der Waals surface area contributed by atoms with Gasteiger partial charge in [0, 0.05) is 17.8 Å². The van der Waals surface area contributed by atoms with Gasteiger partial charge in [-0.2, -0.15) is 22.8 Å². The van der Waals surface area contributed by atoms with E-state index in [-0.39, 0.29) is 11.5 Å². The zero-order valence-electron chi connectivity index (χ0n) is 10.8. The summed E-state index contributed by atoms with van der Waals surface area (Å²) in [6.45, 7) is 2.24. The lowest BCUT2D eigenvalue weighted by molar-refractivity contribution is -0.146. The molecule has 3 rings (SSSR count). The van der Waals surface area contributed by atoms with E-state index in [1.807, 2.05) is 6.92 Å². The number of halogens is 3. The molecule has 3 aromatic rings.